The van der Waals surface area contributed by atoms with Crippen LogP contribution in [0.15, 0.2) is 60.7 Å². The Hall–Kier alpha value is -3.12. The highest BCUT2D eigenvalue weighted by Crippen LogP contribution is 2.45. The third kappa shape index (κ3) is 3.39. The predicted octanol–water partition coefficient (Wildman–Crippen LogP) is 4.83. The maximum absolute atomic E-state index is 12.3. The molecule has 0 N–H and O–H groups in total. The fourth-order valence-electron chi connectivity index (χ4n) is 3.23. The van der Waals surface area contributed by atoms with Gasteiger partial charge in [0.05, 0.1) is 12.8 Å². The number of thiophene rings is 1. The number of hydrogen-bond donors (Lipinski definition) is 0. The number of ether oxygens (including phenoxy) is 2. The van der Waals surface area contributed by atoms with Gasteiger partial charge in [0.15, 0.2) is 0 Å². The van der Waals surface area contributed by atoms with E-state index in [1.165, 1.54) is 18.4 Å². The van der Waals surface area contributed by atoms with Crippen LogP contribution in [0.2, 0.25) is 0 Å². The van der Waals surface area contributed by atoms with Crippen LogP contribution >= 0.6 is 11.3 Å². The number of benzene rings is 2. The van der Waals surface area contributed by atoms with Gasteiger partial charge in [-0.1, -0.05) is 18.2 Å². The van der Waals surface area contributed by atoms with E-state index in [0.29, 0.717) is 0 Å². The molecule has 0 saturated heterocycles. The van der Waals surface area contributed by atoms with Crippen molar-refractivity contribution in [3.63, 3.8) is 0 Å². The summed E-state index contributed by atoms with van der Waals surface area (Å²) in [6.45, 7) is 0. The second-order valence-electron chi connectivity index (χ2n) is 6.53. The van der Waals surface area contributed by atoms with Crippen LogP contribution in [0.1, 0.15) is 17.2 Å². The fourth-order valence-corrected chi connectivity index (χ4v) is 4.52. The Bertz CT molecular complexity index is 1010. The molecule has 1 aliphatic heterocycles. The maximum atomic E-state index is 12.3. The van der Waals surface area contributed by atoms with Gasteiger partial charge in [0.25, 0.3) is 0 Å². The molecule has 0 bridgehead atoms. The van der Waals surface area contributed by atoms with E-state index in [4.69, 9.17) is 9.47 Å². The van der Waals surface area contributed by atoms with Gasteiger partial charge in [-0.05, 0) is 48.0 Å². The summed E-state index contributed by atoms with van der Waals surface area (Å²) in [6.07, 6.45) is 0.139. The topological polar surface area (TPSA) is 55.8 Å². The number of methoxy groups -OCH3 is 1. The number of hydrogen-bond acceptors (Lipinski definition) is 5. The molecule has 0 saturated carbocycles. The number of carbonyl (C=O) groups is 2. The summed E-state index contributed by atoms with van der Waals surface area (Å²) in [7, 11) is 3.09. The first-order chi connectivity index (χ1) is 13.6. The molecule has 4 rings (SSSR count). The Balaban J connectivity index is 1.63. The van der Waals surface area contributed by atoms with Gasteiger partial charge < -0.3 is 14.4 Å². The molecule has 0 fully saturated rings. The van der Waals surface area contributed by atoms with Crippen molar-refractivity contribution in [2.75, 3.05) is 19.1 Å². The molecule has 1 amide bonds. The zero-order chi connectivity index (χ0) is 19.7. The zero-order valence-electron chi connectivity index (χ0n) is 15.5. The van der Waals surface area contributed by atoms with E-state index in [1.54, 1.807) is 11.9 Å². The van der Waals surface area contributed by atoms with Crippen LogP contribution in [0.4, 0.5) is 5.69 Å². The SMILES string of the molecule is COC(=O)C1CC(=O)N(C)c2cc(-c3ccc(Oc4ccccc4)cc3)sc21. The van der Waals surface area contributed by atoms with Crippen LogP contribution in [0.3, 0.4) is 0 Å². The molecule has 142 valence electrons. The summed E-state index contributed by atoms with van der Waals surface area (Å²) in [4.78, 5) is 27.9. The van der Waals surface area contributed by atoms with E-state index in [-0.39, 0.29) is 18.3 Å². The minimum atomic E-state index is -0.539. The van der Waals surface area contributed by atoms with Crippen molar-refractivity contribution in [3.05, 3.63) is 65.5 Å². The lowest BCUT2D eigenvalue weighted by atomic mass is 9.97. The third-order valence-electron chi connectivity index (χ3n) is 4.77. The standard InChI is InChI=1S/C22H19NO4S/c1-23-18-13-19(28-21(18)17(12-20(23)24)22(25)26-2)14-8-10-16(11-9-14)27-15-6-4-3-5-7-15/h3-11,13,17H,12H2,1-2H3. The Morgan fingerprint density at radius 1 is 1.07 bits per heavy atom. The Morgan fingerprint density at radius 2 is 1.75 bits per heavy atom. The van der Waals surface area contributed by atoms with Crippen molar-refractivity contribution in [2.45, 2.75) is 12.3 Å². The van der Waals surface area contributed by atoms with Crippen molar-refractivity contribution in [1.82, 2.24) is 0 Å². The minimum absolute atomic E-state index is 0.0844. The number of carbonyl (C=O) groups excluding carboxylic acids is 2. The van der Waals surface area contributed by atoms with Gasteiger partial charge in [-0.2, -0.15) is 0 Å². The minimum Gasteiger partial charge on any atom is -0.469 e. The van der Waals surface area contributed by atoms with Crippen LogP contribution in [-0.2, 0) is 14.3 Å². The molecule has 1 aromatic heterocycles. The molecule has 1 aliphatic rings. The summed E-state index contributed by atoms with van der Waals surface area (Å²) < 4.78 is 10.7. The van der Waals surface area contributed by atoms with Crippen molar-refractivity contribution >= 4 is 28.9 Å². The molecule has 0 spiro atoms. The number of fused-ring (bicyclic) bond motifs is 1. The summed E-state index contributed by atoms with van der Waals surface area (Å²) in [5.41, 5.74) is 1.78. The molecule has 2 heterocycles. The first-order valence-corrected chi connectivity index (χ1v) is 9.70. The highest BCUT2D eigenvalue weighted by molar-refractivity contribution is 7.16. The Morgan fingerprint density at radius 3 is 2.43 bits per heavy atom. The number of esters is 1. The lowest BCUT2D eigenvalue weighted by molar-refractivity contribution is -0.144. The molecule has 2 aromatic carbocycles. The van der Waals surface area contributed by atoms with E-state index in [9.17, 15) is 9.59 Å². The monoisotopic (exact) mass is 393 g/mol. The average Bonchev–Trinajstić information content (AvgIpc) is 3.17. The first-order valence-electron chi connectivity index (χ1n) is 8.88. The smallest absolute Gasteiger partial charge is 0.314 e. The van der Waals surface area contributed by atoms with Crippen molar-refractivity contribution < 1.29 is 19.1 Å². The molecule has 28 heavy (non-hydrogen) atoms. The molecule has 6 heteroatoms. The Labute approximate surface area is 167 Å². The molecular weight excluding hydrogens is 374 g/mol. The van der Waals surface area contributed by atoms with Gasteiger partial charge in [0.2, 0.25) is 5.91 Å². The lowest BCUT2D eigenvalue weighted by Gasteiger charge is -2.27. The molecular formula is C22H19NO4S. The zero-order valence-corrected chi connectivity index (χ0v) is 16.4. The van der Waals surface area contributed by atoms with Gasteiger partial charge >= 0.3 is 5.97 Å². The normalized spacial score (nSPS) is 15.9. The molecule has 5 nitrogen and oxygen atoms in total. The summed E-state index contributed by atoms with van der Waals surface area (Å²) in [5, 5.41) is 0. The number of nitrogens with zero attached hydrogens (tertiary/aromatic N) is 1. The second-order valence-corrected chi connectivity index (χ2v) is 7.62. The highest BCUT2D eigenvalue weighted by Gasteiger charge is 2.36. The Kier molecular flexibility index (Phi) is 4.88. The number of para-hydroxylation sites is 1. The van der Waals surface area contributed by atoms with Crippen LogP contribution in [-0.4, -0.2) is 26.0 Å². The van der Waals surface area contributed by atoms with E-state index >= 15 is 0 Å². The molecule has 1 atom stereocenters. The van der Waals surface area contributed by atoms with E-state index in [1.807, 2.05) is 60.7 Å². The predicted molar refractivity (Wildman–Crippen MR) is 109 cm³/mol. The van der Waals surface area contributed by atoms with Gasteiger partial charge in [-0.25, -0.2) is 0 Å². The molecule has 0 aliphatic carbocycles. The van der Waals surface area contributed by atoms with Gasteiger partial charge in [-0.15, -0.1) is 11.3 Å². The average molecular weight is 393 g/mol. The van der Waals surface area contributed by atoms with Gasteiger partial charge in [0.1, 0.15) is 17.4 Å². The third-order valence-corrected chi connectivity index (χ3v) is 6.06. The number of rotatable bonds is 4. The summed E-state index contributed by atoms with van der Waals surface area (Å²) >= 11 is 1.52. The number of amides is 1. The van der Waals surface area contributed by atoms with E-state index in [0.717, 1.165) is 32.5 Å². The van der Waals surface area contributed by atoms with E-state index < -0.39 is 5.92 Å². The fraction of sp³-hybridized carbons (Fsp3) is 0.182. The van der Waals surface area contributed by atoms with Crippen LogP contribution < -0.4 is 9.64 Å². The van der Waals surface area contributed by atoms with Gasteiger partial charge in [-0.3, -0.25) is 9.59 Å². The first kappa shape index (κ1) is 18.3. The largest absolute Gasteiger partial charge is 0.469 e. The van der Waals surface area contributed by atoms with Crippen molar-refractivity contribution in [2.24, 2.45) is 0 Å². The second kappa shape index (κ2) is 7.48. The van der Waals surface area contributed by atoms with Crippen molar-refractivity contribution in [3.8, 4) is 21.9 Å². The van der Waals surface area contributed by atoms with Gasteiger partial charge in [0, 0.05) is 23.2 Å². The lowest BCUT2D eigenvalue weighted by Crippen LogP contribution is -2.34. The summed E-state index contributed by atoms with van der Waals surface area (Å²) in [6, 6.07) is 19.3. The van der Waals surface area contributed by atoms with E-state index in [2.05, 4.69) is 0 Å². The molecule has 3 aromatic rings. The van der Waals surface area contributed by atoms with Crippen LogP contribution in [0, 0.1) is 0 Å². The maximum Gasteiger partial charge on any atom is 0.314 e. The molecule has 1 unspecified atom stereocenters. The van der Waals surface area contributed by atoms with Crippen LogP contribution in [0.5, 0.6) is 11.5 Å². The van der Waals surface area contributed by atoms with Crippen molar-refractivity contribution in [1.29, 1.82) is 0 Å². The van der Waals surface area contributed by atoms with Crippen LogP contribution in [0.25, 0.3) is 10.4 Å². The summed E-state index contributed by atoms with van der Waals surface area (Å²) in [5.74, 6) is 0.531. The molecule has 0 radical (unpaired) electrons. The number of anilines is 1. The highest BCUT2D eigenvalue weighted by atomic mass is 32.1. The quantitative estimate of drug-likeness (QED) is 0.596.